The molecule has 1 N–H and O–H groups in total. The fraction of sp³-hybridized carbons (Fsp3) is 0.133. The second-order valence-electron chi connectivity index (χ2n) is 4.57. The van der Waals surface area contributed by atoms with Crippen LogP contribution in [0.4, 0.5) is 10.1 Å². The second-order valence-corrected chi connectivity index (χ2v) is 4.57. The van der Waals surface area contributed by atoms with E-state index < -0.39 is 6.10 Å². The van der Waals surface area contributed by atoms with Crippen molar-refractivity contribution in [1.82, 2.24) is 4.98 Å². The largest absolute Gasteiger partial charge is 0.382 e. The molecule has 1 aromatic carbocycles. The fourth-order valence-corrected chi connectivity index (χ4v) is 1.99. The summed E-state index contributed by atoms with van der Waals surface area (Å²) in [7, 11) is 0. The van der Waals surface area contributed by atoms with Crippen molar-refractivity contribution in [1.29, 1.82) is 0 Å². The Kier molecular flexibility index (Phi) is 3.59. The standard InChI is InChI=1S/C15H12FN3O2/c16-11-5-3-10(4-6-11)13-8-14(21-19-13)15(20)18-12-2-1-7-17-9-12/h1-7,9,14H,8H2,(H,18,20)/t14-/m1/s1. The monoisotopic (exact) mass is 285 g/mol. The van der Waals surface area contributed by atoms with E-state index in [-0.39, 0.29) is 11.7 Å². The molecular weight excluding hydrogens is 273 g/mol. The number of oxime groups is 1. The molecule has 106 valence electrons. The summed E-state index contributed by atoms with van der Waals surface area (Å²) in [5.74, 6) is -0.604. The Bertz CT molecular complexity index is 671. The van der Waals surface area contributed by atoms with Gasteiger partial charge < -0.3 is 10.2 Å². The van der Waals surface area contributed by atoms with Crippen LogP contribution in [0, 0.1) is 5.82 Å². The smallest absolute Gasteiger partial charge is 0.268 e. The summed E-state index contributed by atoms with van der Waals surface area (Å²) in [6, 6.07) is 9.38. The zero-order valence-electron chi connectivity index (χ0n) is 11.0. The van der Waals surface area contributed by atoms with Gasteiger partial charge in [0.05, 0.1) is 17.6 Å². The third kappa shape index (κ3) is 3.05. The molecule has 1 aliphatic heterocycles. The first-order valence-electron chi connectivity index (χ1n) is 6.42. The molecular formula is C15H12FN3O2. The summed E-state index contributed by atoms with van der Waals surface area (Å²) < 4.78 is 12.9. The molecule has 1 atom stereocenters. The molecule has 6 heteroatoms. The van der Waals surface area contributed by atoms with Gasteiger partial charge in [-0.25, -0.2) is 4.39 Å². The van der Waals surface area contributed by atoms with E-state index in [4.69, 9.17) is 4.84 Å². The molecule has 0 bridgehead atoms. The van der Waals surface area contributed by atoms with Gasteiger partial charge in [-0.3, -0.25) is 9.78 Å². The maximum absolute atomic E-state index is 12.9. The lowest BCUT2D eigenvalue weighted by Gasteiger charge is -2.08. The Morgan fingerprint density at radius 1 is 1.29 bits per heavy atom. The van der Waals surface area contributed by atoms with Gasteiger partial charge in [0.1, 0.15) is 5.82 Å². The molecule has 1 aliphatic rings. The number of rotatable bonds is 3. The van der Waals surface area contributed by atoms with E-state index in [0.29, 0.717) is 17.8 Å². The Labute approximate surface area is 120 Å². The molecule has 0 aliphatic carbocycles. The van der Waals surface area contributed by atoms with Crippen LogP contribution in [0.15, 0.2) is 53.9 Å². The van der Waals surface area contributed by atoms with E-state index in [2.05, 4.69) is 15.5 Å². The quantitative estimate of drug-likeness (QED) is 0.941. The molecule has 1 aromatic heterocycles. The summed E-state index contributed by atoms with van der Waals surface area (Å²) in [4.78, 5) is 21.1. The number of nitrogens with zero attached hydrogens (tertiary/aromatic N) is 2. The minimum atomic E-state index is -0.690. The van der Waals surface area contributed by atoms with Crippen LogP contribution in [0.25, 0.3) is 0 Å². The molecule has 0 unspecified atom stereocenters. The van der Waals surface area contributed by atoms with Gasteiger partial charge in [-0.05, 0) is 29.8 Å². The molecule has 0 saturated carbocycles. The van der Waals surface area contributed by atoms with Crippen LogP contribution in [-0.2, 0) is 9.63 Å². The summed E-state index contributed by atoms with van der Waals surface area (Å²) in [5, 5.41) is 6.60. The van der Waals surface area contributed by atoms with Gasteiger partial charge in [-0.2, -0.15) is 0 Å². The van der Waals surface area contributed by atoms with Gasteiger partial charge >= 0.3 is 0 Å². The normalized spacial score (nSPS) is 17.0. The Morgan fingerprint density at radius 3 is 2.81 bits per heavy atom. The highest BCUT2D eigenvalue weighted by atomic mass is 19.1. The summed E-state index contributed by atoms with van der Waals surface area (Å²) >= 11 is 0. The van der Waals surface area contributed by atoms with E-state index in [1.807, 2.05) is 0 Å². The van der Waals surface area contributed by atoms with E-state index in [1.165, 1.54) is 12.1 Å². The van der Waals surface area contributed by atoms with Crippen molar-refractivity contribution in [3.63, 3.8) is 0 Å². The molecule has 0 fully saturated rings. The number of pyridine rings is 1. The number of amides is 1. The lowest BCUT2D eigenvalue weighted by atomic mass is 10.0. The van der Waals surface area contributed by atoms with Crippen LogP contribution in [0.1, 0.15) is 12.0 Å². The average molecular weight is 285 g/mol. The van der Waals surface area contributed by atoms with E-state index >= 15 is 0 Å². The lowest BCUT2D eigenvalue weighted by molar-refractivity contribution is -0.125. The van der Waals surface area contributed by atoms with Gasteiger partial charge in [-0.15, -0.1) is 0 Å². The van der Waals surface area contributed by atoms with Crippen molar-refractivity contribution in [2.75, 3.05) is 5.32 Å². The first-order valence-corrected chi connectivity index (χ1v) is 6.42. The van der Waals surface area contributed by atoms with E-state index in [9.17, 15) is 9.18 Å². The first kappa shape index (κ1) is 13.2. The zero-order chi connectivity index (χ0) is 14.7. The third-order valence-corrected chi connectivity index (χ3v) is 3.07. The molecule has 21 heavy (non-hydrogen) atoms. The van der Waals surface area contributed by atoms with Crippen LogP contribution in [0.2, 0.25) is 0 Å². The minimum absolute atomic E-state index is 0.288. The summed E-state index contributed by atoms with van der Waals surface area (Å²) in [6.07, 6.45) is 2.83. The number of benzene rings is 1. The molecule has 2 heterocycles. The number of nitrogens with one attached hydrogen (secondary N) is 1. The molecule has 0 radical (unpaired) electrons. The Balaban J connectivity index is 1.63. The number of aromatic nitrogens is 1. The van der Waals surface area contributed by atoms with E-state index in [1.54, 1.807) is 36.7 Å². The number of anilines is 1. The predicted molar refractivity (Wildman–Crippen MR) is 75.3 cm³/mol. The highest BCUT2D eigenvalue weighted by molar-refractivity contribution is 6.06. The van der Waals surface area contributed by atoms with E-state index in [0.717, 1.165) is 5.56 Å². The summed E-state index contributed by atoms with van der Waals surface area (Å²) in [6.45, 7) is 0. The van der Waals surface area contributed by atoms with Crippen LogP contribution < -0.4 is 5.32 Å². The zero-order valence-corrected chi connectivity index (χ0v) is 11.0. The highest BCUT2D eigenvalue weighted by Gasteiger charge is 2.28. The molecule has 3 rings (SSSR count). The Hall–Kier alpha value is -2.76. The highest BCUT2D eigenvalue weighted by Crippen LogP contribution is 2.18. The number of halogens is 1. The van der Waals surface area contributed by atoms with Crippen molar-refractivity contribution in [2.24, 2.45) is 5.16 Å². The fourth-order valence-electron chi connectivity index (χ4n) is 1.99. The van der Waals surface area contributed by atoms with Crippen molar-refractivity contribution in [3.05, 3.63) is 60.2 Å². The minimum Gasteiger partial charge on any atom is -0.382 e. The van der Waals surface area contributed by atoms with Gasteiger partial charge in [0.25, 0.3) is 5.91 Å². The van der Waals surface area contributed by atoms with Gasteiger partial charge in [0, 0.05) is 12.6 Å². The number of hydrogen-bond donors (Lipinski definition) is 1. The third-order valence-electron chi connectivity index (χ3n) is 3.07. The van der Waals surface area contributed by atoms with Gasteiger partial charge in [0.2, 0.25) is 6.10 Å². The SMILES string of the molecule is O=C(Nc1cccnc1)[C@H]1CC(c2ccc(F)cc2)=NO1. The number of hydrogen-bond acceptors (Lipinski definition) is 4. The van der Waals surface area contributed by atoms with Crippen molar-refractivity contribution < 1.29 is 14.0 Å². The number of carbonyl (C=O) groups is 1. The van der Waals surface area contributed by atoms with Crippen LogP contribution in [0.3, 0.4) is 0 Å². The molecule has 5 nitrogen and oxygen atoms in total. The molecule has 2 aromatic rings. The Morgan fingerprint density at radius 2 is 2.10 bits per heavy atom. The number of carbonyl (C=O) groups excluding carboxylic acids is 1. The van der Waals surface area contributed by atoms with Crippen LogP contribution >= 0.6 is 0 Å². The molecule has 0 spiro atoms. The lowest BCUT2D eigenvalue weighted by Crippen LogP contribution is -2.28. The van der Waals surface area contributed by atoms with Gasteiger partial charge in [0.15, 0.2) is 0 Å². The van der Waals surface area contributed by atoms with Crippen molar-refractivity contribution in [3.8, 4) is 0 Å². The van der Waals surface area contributed by atoms with Crippen molar-refractivity contribution >= 4 is 17.3 Å². The second kappa shape index (κ2) is 5.70. The summed E-state index contributed by atoms with van der Waals surface area (Å²) in [5.41, 5.74) is 1.97. The average Bonchev–Trinajstić information content (AvgIpc) is 2.99. The predicted octanol–water partition coefficient (Wildman–Crippen LogP) is 2.35. The molecule has 0 saturated heterocycles. The maximum Gasteiger partial charge on any atom is 0.268 e. The first-order chi connectivity index (χ1) is 10.2. The van der Waals surface area contributed by atoms with Gasteiger partial charge in [-0.1, -0.05) is 17.3 Å². The topological polar surface area (TPSA) is 63.6 Å². The molecule has 1 amide bonds. The van der Waals surface area contributed by atoms with Crippen LogP contribution in [0.5, 0.6) is 0 Å². The van der Waals surface area contributed by atoms with Crippen LogP contribution in [-0.4, -0.2) is 22.7 Å². The van der Waals surface area contributed by atoms with Crippen molar-refractivity contribution in [2.45, 2.75) is 12.5 Å². The maximum atomic E-state index is 12.9.